The largest absolute Gasteiger partial charge is 0.370 e. The first-order chi connectivity index (χ1) is 10.6. The van der Waals surface area contributed by atoms with Crippen molar-refractivity contribution in [2.75, 3.05) is 26.2 Å². The zero-order valence-electron chi connectivity index (χ0n) is 13.9. The minimum absolute atomic E-state index is 0.0982. The van der Waals surface area contributed by atoms with E-state index in [1.807, 2.05) is 13.8 Å². The average Bonchev–Trinajstić information content (AvgIpc) is 2.76. The zero-order chi connectivity index (χ0) is 17.8. The minimum Gasteiger partial charge on any atom is -0.370 e. The van der Waals surface area contributed by atoms with Crippen LogP contribution in [0, 0.1) is 13.8 Å². The lowest BCUT2D eigenvalue weighted by Gasteiger charge is -2.18. The summed E-state index contributed by atoms with van der Waals surface area (Å²) in [5, 5.41) is 12.4. The second kappa shape index (κ2) is 7.91. The highest BCUT2D eigenvalue weighted by Crippen LogP contribution is 2.26. The summed E-state index contributed by atoms with van der Waals surface area (Å²) in [4.78, 5) is 17.1. The Bertz CT molecular complexity index is 650. The van der Waals surface area contributed by atoms with Gasteiger partial charge in [0.1, 0.15) is 0 Å². The second-order valence-electron chi connectivity index (χ2n) is 5.31. The number of nitrogens with zero attached hydrogens (tertiary/aromatic N) is 1. The SMILES string of the molecule is CCN(CC)CCNC(=O)c1c(C)[nH]c(C(O)S(=O)(=O)O)c1C. The standard InChI is InChI=1S/C14H25N3O5S/c1-5-17(6-2)8-7-15-13(18)11-9(3)12(16-10(11)4)14(19)23(20,21)22/h14,16,19H,5-8H2,1-4H3,(H,15,18)(H,20,21,22). The zero-order valence-corrected chi connectivity index (χ0v) is 14.7. The molecule has 0 aliphatic heterocycles. The Morgan fingerprint density at radius 3 is 2.35 bits per heavy atom. The van der Waals surface area contributed by atoms with Gasteiger partial charge in [-0.3, -0.25) is 9.35 Å². The van der Waals surface area contributed by atoms with Crippen molar-refractivity contribution >= 4 is 16.0 Å². The molecule has 0 saturated carbocycles. The smallest absolute Gasteiger partial charge is 0.298 e. The Morgan fingerprint density at radius 2 is 1.87 bits per heavy atom. The Kier molecular flexibility index (Phi) is 6.75. The third-order valence-electron chi connectivity index (χ3n) is 3.84. The summed E-state index contributed by atoms with van der Waals surface area (Å²) in [5.41, 5.74) is -1.19. The number of amides is 1. The van der Waals surface area contributed by atoms with Crippen LogP contribution in [-0.2, 0) is 10.1 Å². The molecule has 0 aliphatic carbocycles. The molecule has 0 aromatic carbocycles. The van der Waals surface area contributed by atoms with Gasteiger partial charge in [-0.05, 0) is 32.5 Å². The molecule has 0 fully saturated rings. The number of carbonyl (C=O) groups is 1. The fourth-order valence-corrected chi connectivity index (χ4v) is 3.00. The number of hydrogen-bond acceptors (Lipinski definition) is 5. The van der Waals surface area contributed by atoms with E-state index in [4.69, 9.17) is 4.55 Å². The fourth-order valence-electron chi connectivity index (χ4n) is 2.47. The van der Waals surface area contributed by atoms with Crippen molar-refractivity contribution in [1.29, 1.82) is 0 Å². The number of hydrogen-bond donors (Lipinski definition) is 4. The summed E-state index contributed by atoms with van der Waals surface area (Å²) in [6, 6.07) is 0. The first-order valence-electron chi connectivity index (χ1n) is 7.47. The van der Waals surface area contributed by atoms with Crippen LogP contribution in [0.15, 0.2) is 0 Å². The molecule has 8 nitrogen and oxygen atoms in total. The maximum absolute atomic E-state index is 12.3. The summed E-state index contributed by atoms with van der Waals surface area (Å²) in [7, 11) is -4.66. The molecule has 0 radical (unpaired) electrons. The molecule has 1 heterocycles. The van der Waals surface area contributed by atoms with Crippen molar-refractivity contribution in [2.45, 2.75) is 33.1 Å². The van der Waals surface area contributed by atoms with Crippen LogP contribution in [0.25, 0.3) is 0 Å². The maximum Gasteiger partial charge on any atom is 0.298 e. The quantitative estimate of drug-likeness (QED) is 0.510. The molecule has 4 N–H and O–H groups in total. The van der Waals surface area contributed by atoms with Gasteiger partial charge in [0, 0.05) is 18.8 Å². The van der Waals surface area contributed by atoms with Gasteiger partial charge < -0.3 is 20.3 Å². The maximum atomic E-state index is 12.3. The number of likely N-dealkylation sites (N-methyl/N-ethyl adjacent to an activating group) is 1. The molecule has 1 atom stereocenters. The Balaban J connectivity index is 2.89. The van der Waals surface area contributed by atoms with E-state index in [9.17, 15) is 18.3 Å². The molecule has 9 heteroatoms. The van der Waals surface area contributed by atoms with E-state index < -0.39 is 15.6 Å². The van der Waals surface area contributed by atoms with Crippen molar-refractivity contribution in [3.05, 3.63) is 22.5 Å². The van der Waals surface area contributed by atoms with E-state index in [0.717, 1.165) is 13.1 Å². The predicted molar refractivity (Wildman–Crippen MR) is 86.9 cm³/mol. The summed E-state index contributed by atoms with van der Waals surface area (Å²) in [6.07, 6.45) is 0. The number of nitrogens with one attached hydrogen (secondary N) is 2. The molecule has 0 spiro atoms. The van der Waals surface area contributed by atoms with Crippen molar-refractivity contribution in [1.82, 2.24) is 15.2 Å². The molecule has 1 unspecified atom stereocenters. The predicted octanol–water partition coefficient (Wildman–Crippen LogP) is 0.582. The van der Waals surface area contributed by atoms with Crippen molar-refractivity contribution in [3.63, 3.8) is 0 Å². The summed E-state index contributed by atoms with van der Waals surface area (Å²) in [6.45, 7) is 10.1. The molecule has 132 valence electrons. The van der Waals surface area contributed by atoms with Crippen molar-refractivity contribution in [3.8, 4) is 0 Å². The average molecular weight is 347 g/mol. The molecule has 1 rings (SSSR count). The topological polar surface area (TPSA) is 123 Å². The highest BCUT2D eigenvalue weighted by atomic mass is 32.2. The lowest BCUT2D eigenvalue weighted by atomic mass is 10.1. The van der Waals surface area contributed by atoms with Crippen LogP contribution in [0.2, 0.25) is 0 Å². The van der Waals surface area contributed by atoms with E-state index in [1.54, 1.807) is 6.92 Å². The fraction of sp³-hybridized carbons (Fsp3) is 0.643. The number of aromatic nitrogens is 1. The first-order valence-corrected chi connectivity index (χ1v) is 8.97. The number of aliphatic hydroxyl groups excluding tert-OH is 1. The third kappa shape index (κ3) is 4.77. The molecule has 1 amide bonds. The van der Waals surface area contributed by atoms with Gasteiger partial charge in [-0.15, -0.1) is 0 Å². The monoisotopic (exact) mass is 347 g/mol. The number of aromatic amines is 1. The molecular weight excluding hydrogens is 322 g/mol. The van der Waals surface area contributed by atoms with Crippen LogP contribution in [0.1, 0.15) is 46.6 Å². The molecule has 23 heavy (non-hydrogen) atoms. The number of rotatable bonds is 8. The molecule has 0 bridgehead atoms. The summed E-state index contributed by atoms with van der Waals surface area (Å²) >= 11 is 0. The molecule has 1 aromatic heterocycles. The van der Waals surface area contributed by atoms with Gasteiger partial charge in [0.2, 0.25) is 5.44 Å². The summed E-state index contributed by atoms with van der Waals surface area (Å²) in [5.74, 6) is -0.350. The van der Waals surface area contributed by atoms with Crippen molar-refractivity contribution in [2.24, 2.45) is 0 Å². The van der Waals surface area contributed by atoms with Gasteiger partial charge in [-0.1, -0.05) is 13.8 Å². The summed E-state index contributed by atoms with van der Waals surface area (Å²) < 4.78 is 31.1. The van der Waals surface area contributed by atoms with Crippen LogP contribution in [0.4, 0.5) is 0 Å². The van der Waals surface area contributed by atoms with Gasteiger partial charge in [0.25, 0.3) is 16.0 Å². The van der Waals surface area contributed by atoms with Crippen LogP contribution < -0.4 is 5.32 Å². The van der Waals surface area contributed by atoms with E-state index in [-0.39, 0.29) is 17.2 Å². The highest BCUT2D eigenvalue weighted by molar-refractivity contribution is 7.85. The van der Waals surface area contributed by atoms with Gasteiger partial charge in [-0.2, -0.15) is 8.42 Å². The molecule has 1 aromatic rings. The minimum atomic E-state index is -4.66. The van der Waals surface area contributed by atoms with Crippen molar-refractivity contribution < 1.29 is 22.9 Å². The molecular formula is C14H25N3O5S. The lowest BCUT2D eigenvalue weighted by Crippen LogP contribution is -2.35. The van der Waals surface area contributed by atoms with Crippen LogP contribution in [0.5, 0.6) is 0 Å². The van der Waals surface area contributed by atoms with Crippen LogP contribution in [-0.4, -0.2) is 60.0 Å². The number of aliphatic hydroxyl groups is 1. The molecule has 0 aliphatic rings. The normalized spacial score (nSPS) is 13.3. The Labute approximate surface area is 136 Å². The highest BCUT2D eigenvalue weighted by Gasteiger charge is 2.29. The second-order valence-corrected chi connectivity index (χ2v) is 6.79. The molecule has 0 saturated heterocycles. The number of H-pyrrole nitrogens is 1. The van der Waals surface area contributed by atoms with E-state index in [2.05, 4.69) is 15.2 Å². The van der Waals surface area contributed by atoms with E-state index in [1.165, 1.54) is 6.92 Å². The van der Waals surface area contributed by atoms with E-state index >= 15 is 0 Å². The van der Waals surface area contributed by atoms with E-state index in [0.29, 0.717) is 24.3 Å². The number of carbonyl (C=O) groups excluding carboxylic acids is 1. The van der Waals surface area contributed by atoms with Gasteiger partial charge in [0.05, 0.1) is 11.3 Å². The van der Waals surface area contributed by atoms with Crippen LogP contribution >= 0.6 is 0 Å². The lowest BCUT2D eigenvalue weighted by molar-refractivity contribution is 0.0947. The van der Waals surface area contributed by atoms with Gasteiger partial charge in [-0.25, -0.2) is 0 Å². The Hall–Kier alpha value is -1.42. The number of aryl methyl sites for hydroxylation is 1. The van der Waals surface area contributed by atoms with Gasteiger partial charge >= 0.3 is 0 Å². The third-order valence-corrected chi connectivity index (χ3v) is 4.64. The Morgan fingerprint density at radius 1 is 1.30 bits per heavy atom. The van der Waals surface area contributed by atoms with Gasteiger partial charge in [0.15, 0.2) is 0 Å². The first kappa shape index (κ1) is 19.6. The van der Waals surface area contributed by atoms with Crippen LogP contribution in [0.3, 0.4) is 0 Å².